The summed E-state index contributed by atoms with van der Waals surface area (Å²) < 4.78 is 56.9. The quantitative estimate of drug-likeness (QED) is 0.423. The SMILES string of the molecule is CCOc1ccccc1-c1c(C(F)(F)F)[c]ccc1/C=C/C(=O)N1CCN(C(=O)OC)CC1C(=O)OC. The lowest BCUT2D eigenvalue weighted by Gasteiger charge is -2.38. The molecule has 2 aromatic carbocycles. The molecular weight excluding hydrogens is 493 g/mol. The lowest BCUT2D eigenvalue weighted by molar-refractivity contribution is -0.154. The van der Waals surface area contributed by atoms with E-state index in [2.05, 4.69) is 10.8 Å². The first-order valence-corrected chi connectivity index (χ1v) is 11.4. The third-order valence-corrected chi connectivity index (χ3v) is 5.74. The summed E-state index contributed by atoms with van der Waals surface area (Å²) >= 11 is 0. The molecule has 0 N–H and O–H groups in total. The van der Waals surface area contributed by atoms with Crippen molar-refractivity contribution in [2.24, 2.45) is 0 Å². The topological polar surface area (TPSA) is 85.4 Å². The average molecular weight is 519 g/mol. The highest BCUT2D eigenvalue weighted by Crippen LogP contribution is 2.42. The zero-order chi connectivity index (χ0) is 27.2. The van der Waals surface area contributed by atoms with Crippen LogP contribution in [0.5, 0.6) is 5.75 Å². The van der Waals surface area contributed by atoms with Crippen molar-refractivity contribution in [3.63, 3.8) is 0 Å². The molecule has 1 aliphatic rings. The number of carbonyl (C=O) groups is 3. The van der Waals surface area contributed by atoms with Gasteiger partial charge in [-0.3, -0.25) is 4.79 Å². The van der Waals surface area contributed by atoms with Crippen molar-refractivity contribution in [1.82, 2.24) is 9.80 Å². The normalized spacial score (nSPS) is 16.0. The molecule has 2 aromatic rings. The first kappa shape index (κ1) is 27.6. The number of para-hydroxylation sites is 1. The van der Waals surface area contributed by atoms with E-state index in [-0.39, 0.29) is 48.7 Å². The predicted molar refractivity (Wildman–Crippen MR) is 127 cm³/mol. The Kier molecular flexibility index (Phi) is 8.80. The molecule has 37 heavy (non-hydrogen) atoms. The second kappa shape index (κ2) is 11.8. The molecule has 1 fully saturated rings. The zero-order valence-electron chi connectivity index (χ0n) is 20.5. The Morgan fingerprint density at radius 1 is 1.11 bits per heavy atom. The lowest BCUT2D eigenvalue weighted by Crippen LogP contribution is -2.59. The summed E-state index contributed by atoms with van der Waals surface area (Å²) in [6, 6.07) is 10.00. The summed E-state index contributed by atoms with van der Waals surface area (Å²) in [6.45, 7) is 1.91. The van der Waals surface area contributed by atoms with Gasteiger partial charge in [0, 0.05) is 30.3 Å². The van der Waals surface area contributed by atoms with Crippen LogP contribution >= 0.6 is 0 Å². The van der Waals surface area contributed by atoms with Gasteiger partial charge in [0.15, 0.2) is 0 Å². The molecule has 1 atom stereocenters. The minimum Gasteiger partial charge on any atom is -0.493 e. The van der Waals surface area contributed by atoms with E-state index in [4.69, 9.17) is 9.47 Å². The number of halogens is 3. The number of alkyl halides is 3. The largest absolute Gasteiger partial charge is 0.493 e. The molecule has 1 radical (unpaired) electrons. The number of benzene rings is 2. The van der Waals surface area contributed by atoms with Crippen molar-refractivity contribution in [2.75, 3.05) is 40.5 Å². The van der Waals surface area contributed by atoms with E-state index in [9.17, 15) is 27.6 Å². The van der Waals surface area contributed by atoms with Crippen LogP contribution in [0.15, 0.2) is 42.5 Å². The highest BCUT2D eigenvalue weighted by atomic mass is 19.4. The van der Waals surface area contributed by atoms with Crippen LogP contribution in [0.1, 0.15) is 18.1 Å². The van der Waals surface area contributed by atoms with Crippen LogP contribution < -0.4 is 4.74 Å². The third kappa shape index (κ3) is 6.22. The fraction of sp³-hybridized carbons (Fsp3) is 0.346. The van der Waals surface area contributed by atoms with Crippen LogP contribution in [0.2, 0.25) is 0 Å². The Labute approximate surface area is 212 Å². The number of hydrogen-bond acceptors (Lipinski definition) is 6. The molecule has 1 heterocycles. The van der Waals surface area contributed by atoms with Gasteiger partial charge in [0.1, 0.15) is 11.8 Å². The summed E-state index contributed by atoms with van der Waals surface area (Å²) in [5.74, 6) is -1.12. The monoisotopic (exact) mass is 519 g/mol. The molecule has 0 aliphatic carbocycles. The number of carbonyl (C=O) groups excluding carboxylic acids is 3. The molecule has 197 valence electrons. The highest BCUT2D eigenvalue weighted by molar-refractivity contribution is 5.96. The highest BCUT2D eigenvalue weighted by Gasteiger charge is 2.38. The smallest absolute Gasteiger partial charge is 0.417 e. The van der Waals surface area contributed by atoms with Crippen LogP contribution in [0.4, 0.5) is 18.0 Å². The summed E-state index contributed by atoms with van der Waals surface area (Å²) in [7, 11) is 2.35. The van der Waals surface area contributed by atoms with Gasteiger partial charge in [-0.25, -0.2) is 9.59 Å². The van der Waals surface area contributed by atoms with Crippen molar-refractivity contribution < 1.29 is 41.8 Å². The Morgan fingerprint density at radius 2 is 1.84 bits per heavy atom. The van der Waals surface area contributed by atoms with Gasteiger partial charge in [-0.2, -0.15) is 13.2 Å². The number of piperazine rings is 1. The predicted octanol–water partition coefficient (Wildman–Crippen LogP) is 4.04. The van der Waals surface area contributed by atoms with Crippen LogP contribution in [0, 0.1) is 6.07 Å². The van der Waals surface area contributed by atoms with Crippen LogP contribution in [0.25, 0.3) is 17.2 Å². The average Bonchev–Trinajstić information content (AvgIpc) is 2.90. The Hall–Kier alpha value is -4.02. The molecule has 1 saturated heterocycles. The fourth-order valence-electron chi connectivity index (χ4n) is 4.06. The maximum absolute atomic E-state index is 14.0. The molecule has 1 aliphatic heterocycles. The number of nitrogens with zero attached hydrogens (tertiary/aromatic N) is 2. The molecule has 0 aromatic heterocycles. The summed E-state index contributed by atoms with van der Waals surface area (Å²) in [4.78, 5) is 39.8. The van der Waals surface area contributed by atoms with Gasteiger partial charge in [-0.1, -0.05) is 30.3 Å². The number of methoxy groups -OCH3 is 2. The minimum absolute atomic E-state index is 0.00552. The lowest BCUT2D eigenvalue weighted by atomic mass is 9.93. The van der Waals surface area contributed by atoms with Crippen molar-refractivity contribution in [1.29, 1.82) is 0 Å². The molecule has 0 spiro atoms. The van der Waals surface area contributed by atoms with E-state index in [1.165, 1.54) is 35.1 Å². The van der Waals surface area contributed by atoms with Crippen molar-refractivity contribution in [2.45, 2.75) is 19.1 Å². The van der Waals surface area contributed by atoms with E-state index in [0.29, 0.717) is 0 Å². The van der Waals surface area contributed by atoms with Crippen LogP contribution in [-0.4, -0.2) is 74.3 Å². The van der Waals surface area contributed by atoms with Crippen LogP contribution in [0.3, 0.4) is 0 Å². The maximum atomic E-state index is 14.0. The molecule has 3 rings (SSSR count). The Morgan fingerprint density at radius 3 is 2.49 bits per heavy atom. The maximum Gasteiger partial charge on any atom is 0.417 e. The van der Waals surface area contributed by atoms with Gasteiger partial charge in [0.2, 0.25) is 5.91 Å². The number of amides is 2. The molecule has 1 unspecified atom stereocenters. The summed E-state index contributed by atoms with van der Waals surface area (Å²) in [5.41, 5.74) is -0.898. The third-order valence-electron chi connectivity index (χ3n) is 5.74. The zero-order valence-corrected chi connectivity index (χ0v) is 20.5. The molecular formula is C26H26F3N2O6. The molecule has 2 amide bonds. The second-order valence-electron chi connectivity index (χ2n) is 7.93. The summed E-state index contributed by atoms with van der Waals surface area (Å²) in [5, 5.41) is 0. The number of rotatable bonds is 6. The molecule has 0 saturated carbocycles. The fourth-order valence-corrected chi connectivity index (χ4v) is 4.06. The number of esters is 1. The molecule has 0 bridgehead atoms. The molecule has 8 nitrogen and oxygen atoms in total. The number of hydrogen-bond donors (Lipinski definition) is 0. The standard InChI is InChI=1S/C26H26F3N2O6/c1-4-37-21-11-6-5-9-18(21)23-17(8-7-10-19(23)26(27,28)29)12-13-22(32)31-15-14-30(25(34)36-3)16-20(31)24(33)35-2/h5-9,11-13,20H,4,14-16H2,1-3H3/b13-12+. The van der Waals surface area contributed by atoms with Gasteiger partial charge in [0.25, 0.3) is 0 Å². The van der Waals surface area contributed by atoms with E-state index in [0.717, 1.165) is 19.3 Å². The van der Waals surface area contributed by atoms with Crippen molar-refractivity contribution in [3.05, 3.63) is 59.7 Å². The Balaban J connectivity index is 2.01. The van der Waals surface area contributed by atoms with Gasteiger partial charge in [-0.05, 0) is 30.7 Å². The molecule has 11 heteroatoms. The van der Waals surface area contributed by atoms with Gasteiger partial charge in [0.05, 0.1) is 32.9 Å². The van der Waals surface area contributed by atoms with Crippen LogP contribution in [-0.2, 0) is 25.2 Å². The summed E-state index contributed by atoms with van der Waals surface area (Å²) in [6.07, 6.45) is -3.03. The van der Waals surface area contributed by atoms with E-state index in [1.54, 1.807) is 25.1 Å². The van der Waals surface area contributed by atoms with E-state index < -0.39 is 35.8 Å². The number of ether oxygens (including phenoxy) is 3. The van der Waals surface area contributed by atoms with E-state index >= 15 is 0 Å². The second-order valence-corrected chi connectivity index (χ2v) is 7.93. The van der Waals surface area contributed by atoms with Crippen molar-refractivity contribution >= 4 is 24.0 Å². The Bertz CT molecular complexity index is 1180. The van der Waals surface area contributed by atoms with Gasteiger partial charge in [-0.15, -0.1) is 0 Å². The van der Waals surface area contributed by atoms with Gasteiger partial charge < -0.3 is 24.0 Å². The van der Waals surface area contributed by atoms with Crippen molar-refractivity contribution in [3.8, 4) is 16.9 Å². The first-order valence-electron chi connectivity index (χ1n) is 11.4. The van der Waals surface area contributed by atoms with Gasteiger partial charge >= 0.3 is 18.2 Å². The first-order chi connectivity index (χ1) is 17.6. The van der Waals surface area contributed by atoms with E-state index in [1.807, 2.05) is 0 Å². The minimum atomic E-state index is -4.72.